The molecule has 0 fully saturated rings. The Labute approximate surface area is 81.1 Å². The highest BCUT2D eigenvalue weighted by Crippen LogP contribution is 1.38. The van der Waals surface area contributed by atoms with Crippen LogP contribution in [0.3, 0.4) is 0 Å². The lowest BCUT2D eigenvalue weighted by atomic mass is 10.8. The fourth-order valence-corrected chi connectivity index (χ4v) is 0. The molecule has 0 spiro atoms. The first kappa shape index (κ1) is 710. The van der Waals surface area contributed by atoms with Crippen LogP contribution < -0.4 is 0 Å². The first-order valence-corrected chi connectivity index (χ1v) is 1.49. The molecule has 0 aliphatic rings. The molecule has 0 heterocycles. The van der Waals surface area contributed by atoms with E-state index in [0.717, 1.165) is 0 Å². The Kier molecular flexibility index (Phi) is 1740000. The summed E-state index contributed by atoms with van der Waals surface area (Å²) in [5.41, 5.74) is 0. The van der Waals surface area contributed by atoms with Gasteiger partial charge in [-0.1, -0.05) is 6.08 Å². The number of rotatable bonds is 0. The van der Waals surface area contributed by atoms with Crippen LogP contribution in [-0.2, 0) is 0 Å². The monoisotopic (exact) mass is 270 g/mol. The molecule has 15 heavy (non-hydrogen) atoms. The zero-order valence-corrected chi connectivity index (χ0v) is 7.78. The third-order valence-corrected chi connectivity index (χ3v) is 0. The van der Waals surface area contributed by atoms with Crippen LogP contribution in [0, 0.1) is 0 Å². The number of allylic oxidation sites excluding steroid dienone is 1. The SMILES string of the molecule is C=C.C=CC.F.F.F.F.F.F.F.F.F.F. The molecule has 0 aliphatic carbocycles. The van der Waals surface area contributed by atoms with Gasteiger partial charge in [0.05, 0.1) is 0 Å². The zero-order chi connectivity index (χ0) is 4.71. The highest BCUT2D eigenvalue weighted by Gasteiger charge is 1.15. The summed E-state index contributed by atoms with van der Waals surface area (Å²) in [4.78, 5) is 0. The van der Waals surface area contributed by atoms with Gasteiger partial charge in [0.1, 0.15) is 0 Å². The van der Waals surface area contributed by atoms with Gasteiger partial charge in [0.2, 0.25) is 0 Å². The molecule has 0 saturated carbocycles. The molecule has 10 heteroatoms. The maximum Gasteiger partial charge on any atom is -0.0473 e. The normalized spacial score (nSPS) is 1.13. The van der Waals surface area contributed by atoms with Crippen LogP contribution in [0.1, 0.15) is 6.92 Å². The Morgan fingerprint density at radius 3 is 0.533 bits per heavy atom. The number of hydrogen-bond acceptors (Lipinski definition) is 0. The predicted molar refractivity (Wildman–Crippen MR) is 52.2 cm³/mol. The summed E-state index contributed by atoms with van der Waals surface area (Å²) in [5, 5.41) is 0. The van der Waals surface area contributed by atoms with Crippen molar-refractivity contribution < 1.29 is 47.0 Å². The van der Waals surface area contributed by atoms with E-state index < -0.39 is 0 Å². The van der Waals surface area contributed by atoms with E-state index in [1.54, 1.807) is 6.08 Å². The molecule has 0 aliphatic heterocycles. The van der Waals surface area contributed by atoms with E-state index in [9.17, 15) is 0 Å². The lowest BCUT2D eigenvalue weighted by Gasteiger charge is -1.31. The smallest absolute Gasteiger partial charge is 0.0473 e. The molecule has 0 unspecified atom stereocenters. The quantitative estimate of drug-likeness (QED) is 0.466. The van der Waals surface area contributed by atoms with Crippen molar-refractivity contribution in [1.29, 1.82) is 0 Å². The molecule has 0 radical (unpaired) electrons. The molecule has 0 saturated heterocycles. The topological polar surface area (TPSA) is 0 Å². The van der Waals surface area contributed by atoms with Crippen LogP contribution in [0.4, 0.5) is 47.0 Å². The van der Waals surface area contributed by atoms with Gasteiger partial charge < -0.3 is 0 Å². The summed E-state index contributed by atoms with van der Waals surface area (Å²) in [5.74, 6) is 0. The Hall–Kier alpha value is -1.22. The molecule has 0 nitrogen and oxygen atoms in total. The number of hydrogen-bond donors (Lipinski definition) is 0. The molecular formula is C5H20F10. The van der Waals surface area contributed by atoms with E-state index in [4.69, 9.17) is 0 Å². The van der Waals surface area contributed by atoms with Gasteiger partial charge in [-0.3, -0.25) is 47.0 Å². The Morgan fingerprint density at radius 1 is 0.533 bits per heavy atom. The van der Waals surface area contributed by atoms with Crippen molar-refractivity contribution in [3.05, 3.63) is 25.8 Å². The van der Waals surface area contributed by atoms with Crippen molar-refractivity contribution >= 4 is 0 Å². The lowest BCUT2D eigenvalue weighted by Crippen LogP contribution is -1.07. The lowest BCUT2D eigenvalue weighted by molar-refractivity contribution is 1.11. The average molecular weight is 270 g/mol. The standard InChI is InChI=1S/C3H6.C2H4.10FH/c1-3-2;1-2;;;;;;;;;;/h3H,1H2,2H3;1-2H2;10*1H. The van der Waals surface area contributed by atoms with Gasteiger partial charge >= 0.3 is 0 Å². The highest BCUT2D eigenvalue weighted by molar-refractivity contribution is 4.51. The predicted octanol–water partition coefficient (Wildman–Crippen LogP) is 3.52. The summed E-state index contributed by atoms with van der Waals surface area (Å²) in [6.45, 7) is 11.2. The van der Waals surface area contributed by atoms with Gasteiger partial charge in [-0.2, -0.15) is 0 Å². The Bertz CT molecular complexity index is 27.8. The molecule has 0 aromatic rings. The largest absolute Gasteiger partial charge is 0.269 e. The minimum absolute atomic E-state index is 0. The first-order valence-electron chi connectivity index (χ1n) is 1.49. The third-order valence-electron chi connectivity index (χ3n) is 0. The molecule has 110 valence electrons. The van der Waals surface area contributed by atoms with E-state index in [1.165, 1.54) is 0 Å². The van der Waals surface area contributed by atoms with E-state index in [-0.39, 0.29) is 47.0 Å². The van der Waals surface area contributed by atoms with Gasteiger partial charge in [0, 0.05) is 0 Å². The fourth-order valence-electron chi connectivity index (χ4n) is 0. The van der Waals surface area contributed by atoms with Gasteiger partial charge in [-0.25, -0.2) is 0 Å². The van der Waals surface area contributed by atoms with Gasteiger partial charge in [-0.05, 0) is 6.92 Å². The second-order valence-electron chi connectivity index (χ2n) is 0.408. The molecule has 0 amide bonds. The van der Waals surface area contributed by atoms with E-state index in [0.29, 0.717) is 0 Å². The van der Waals surface area contributed by atoms with Crippen LogP contribution in [-0.4, -0.2) is 0 Å². The minimum Gasteiger partial charge on any atom is -0.269 e. The highest BCUT2D eigenvalue weighted by atomic mass is 19.0. The summed E-state index contributed by atoms with van der Waals surface area (Å²) in [7, 11) is 0. The zero-order valence-electron chi connectivity index (χ0n) is 7.78. The van der Waals surface area contributed by atoms with Crippen LogP contribution in [0.2, 0.25) is 0 Å². The van der Waals surface area contributed by atoms with Crippen LogP contribution >= 0.6 is 0 Å². The van der Waals surface area contributed by atoms with Crippen molar-refractivity contribution in [1.82, 2.24) is 0 Å². The van der Waals surface area contributed by atoms with Crippen molar-refractivity contribution in [2.45, 2.75) is 6.92 Å². The summed E-state index contributed by atoms with van der Waals surface area (Å²) < 4.78 is 0. The summed E-state index contributed by atoms with van der Waals surface area (Å²) in [6, 6.07) is 0. The molecule has 0 aromatic carbocycles. The molecular weight excluding hydrogens is 250 g/mol. The van der Waals surface area contributed by atoms with E-state index in [1.807, 2.05) is 6.92 Å². The molecule has 0 atom stereocenters. The maximum atomic E-state index is 3.36. The average Bonchev–Trinajstić information content (AvgIpc) is 1.46. The maximum absolute atomic E-state index is 3.36. The number of halogens is 10. The Balaban J connectivity index is -0.000000000731. The molecule has 0 N–H and O–H groups in total. The van der Waals surface area contributed by atoms with Crippen molar-refractivity contribution in [2.24, 2.45) is 0 Å². The van der Waals surface area contributed by atoms with Crippen LogP contribution in [0.5, 0.6) is 0 Å². The second kappa shape index (κ2) is 36600. The fraction of sp³-hybridized carbons (Fsp3) is 0.200. The first-order chi connectivity index (χ1) is 2.41. The summed E-state index contributed by atoms with van der Waals surface area (Å²) >= 11 is 0. The van der Waals surface area contributed by atoms with Gasteiger partial charge in [0.15, 0.2) is 0 Å². The van der Waals surface area contributed by atoms with Crippen molar-refractivity contribution in [2.75, 3.05) is 0 Å². The van der Waals surface area contributed by atoms with Gasteiger partial charge in [0.25, 0.3) is 0 Å². The van der Waals surface area contributed by atoms with Crippen LogP contribution in [0.15, 0.2) is 25.8 Å². The minimum atomic E-state index is 0. The molecule has 0 aromatic heterocycles. The second-order valence-corrected chi connectivity index (χ2v) is 0.408. The van der Waals surface area contributed by atoms with E-state index in [2.05, 4.69) is 19.7 Å². The van der Waals surface area contributed by atoms with Gasteiger partial charge in [-0.15, -0.1) is 19.7 Å². The van der Waals surface area contributed by atoms with Crippen molar-refractivity contribution in [3.8, 4) is 0 Å². The summed E-state index contributed by atoms with van der Waals surface area (Å²) in [6.07, 6.45) is 1.75. The van der Waals surface area contributed by atoms with Crippen LogP contribution in [0.25, 0.3) is 0 Å². The van der Waals surface area contributed by atoms with Crippen molar-refractivity contribution in [3.63, 3.8) is 0 Å². The van der Waals surface area contributed by atoms with E-state index >= 15 is 0 Å². The Morgan fingerprint density at radius 2 is 0.533 bits per heavy atom. The molecule has 0 bridgehead atoms. The third kappa shape index (κ3) is 998. The molecule has 0 rings (SSSR count).